The molecule has 1 atom stereocenters. The van der Waals surface area contributed by atoms with Crippen LogP contribution >= 0.6 is 11.3 Å². The summed E-state index contributed by atoms with van der Waals surface area (Å²) < 4.78 is 0. The van der Waals surface area contributed by atoms with Gasteiger partial charge in [-0.15, -0.1) is 11.3 Å². The van der Waals surface area contributed by atoms with Crippen LogP contribution in [0.2, 0.25) is 0 Å². The Kier molecular flexibility index (Phi) is 4.68. The smallest absolute Gasteiger partial charge is 0.271 e. The predicted molar refractivity (Wildman–Crippen MR) is 81.3 cm³/mol. The molecule has 0 fully saturated rings. The molecule has 2 heterocycles. The van der Waals surface area contributed by atoms with E-state index in [0.29, 0.717) is 11.5 Å². The molecule has 0 aromatic carbocycles. The Morgan fingerprint density at radius 1 is 1.40 bits per heavy atom. The third-order valence-electron chi connectivity index (χ3n) is 2.80. The number of carbonyl (C=O) groups is 1. The molecule has 2 aromatic rings. The number of nitrogens with zero attached hydrogens (tertiary/aromatic N) is 2. The lowest BCUT2D eigenvalue weighted by Gasteiger charge is -2.12. The van der Waals surface area contributed by atoms with Gasteiger partial charge in [0.05, 0.1) is 12.4 Å². The number of amides is 1. The maximum absolute atomic E-state index is 12.1. The Hall–Kier alpha value is -1.95. The van der Waals surface area contributed by atoms with Crippen LogP contribution in [0.15, 0.2) is 24.5 Å². The van der Waals surface area contributed by atoms with Crippen molar-refractivity contribution in [2.24, 2.45) is 0 Å². The standard InChI is InChI=1S/C14H18N4OS/c1-9(6-11-5-4-10(2)20-11)17-14(19)12-7-16-8-13(15-3)18-12/h4-5,7-9H,6H2,1-3H3,(H,15,18)(H,17,19). The van der Waals surface area contributed by atoms with Crippen LogP contribution in [0.25, 0.3) is 0 Å². The molecule has 2 rings (SSSR count). The van der Waals surface area contributed by atoms with Gasteiger partial charge in [0.15, 0.2) is 0 Å². The van der Waals surface area contributed by atoms with Crippen LogP contribution in [-0.2, 0) is 6.42 Å². The van der Waals surface area contributed by atoms with Gasteiger partial charge in [-0.25, -0.2) is 4.98 Å². The quantitative estimate of drug-likeness (QED) is 0.886. The third-order valence-corrected chi connectivity index (χ3v) is 3.83. The summed E-state index contributed by atoms with van der Waals surface area (Å²) >= 11 is 1.76. The molecule has 5 nitrogen and oxygen atoms in total. The first-order valence-electron chi connectivity index (χ1n) is 6.44. The van der Waals surface area contributed by atoms with E-state index in [2.05, 4.69) is 39.7 Å². The van der Waals surface area contributed by atoms with Crippen molar-refractivity contribution in [1.29, 1.82) is 0 Å². The highest BCUT2D eigenvalue weighted by Crippen LogP contribution is 2.16. The summed E-state index contributed by atoms with van der Waals surface area (Å²) in [7, 11) is 1.74. The summed E-state index contributed by atoms with van der Waals surface area (Å²) in [6.07, 6.45) is 3.87. The summed E-state index contributed by atoms with van der Waals surface area (Å²) in [4.78, 5) is 22.8. The summed E-state index contributed by atoms with van der Waals surface area (Å²) in [5, 5.41) is 5.81. The summed E-state index contributed by atoms with van der Waals surface area (Å²) in [5.41, 5.74) is 0.325. The van der Waals surface area contributed by atoms with Gasteiger partial charge >= 0.3 is 0 Å². The highest BCUT2D eigenvalue weighted by Gasteiger charge is 2.13. The van der Waals surface area contributed by atoms with Gasteiger partial charge in [-0.1, -0.05) is 0 Å². The van der Waals surface area contributed by atoms with E-state index in [9.17, 15) is 4.79 Å². The van der Waals surface area contributed by atoms with Crippen LogP contribution in [0, 0.1) is 6.92 Å². The molecule has 0 aliphatic heterocycles. The molecule has 0 saturated heterocycles. The number of hydrogen-bond acceptors (Lipinski definition) is 5. The van der Waals surface area contributed by atoms with Crippen molar-refractivity contribution in [1.82, 2.24) is 15.3 Å². The van der Waals surface area contributed by atoms with Gasteiger partial charge in [-0.3, -0.25) is 9.78 Å². The molecule has 6 heteroatoms. The van der Waals surface area contributed by atoms with Gasteiger partial charge in [0.1, 0.15) is 11.5 Å². The first-order chi connectivity index (χ1) is 9.58. The minimum absolute atomic E-state index is 0.0561. The molecular formula is C14H18N4OS. The summed E-state index contributed by atoms with van der Waals surface area (Å²) in [6.45, 7) is 4.07. The molecule has 0 radical (unpaired) electrons. The molecular weight excluding hydrogens is 272 g/mol. The first kappa shape index (κ1) is 14.5. The van der Waals surface area contributed by atoms with E-state index in [4.69, 9.17) is 0 Å². The Morgan fingerprint density at radius 2 is 2.20 bits per heavy atom. The number of rotatable bonds is 5. The van der Waals surface area contributed by atoms with Crippen molar-refractivity contribution in [3.8, 4) is 0 Å². The number of nitrogens with one attached hydrogen (secondary N) is 2. The van der Waals surface area contributed by atoms with Gasteiger partial charge in [0, 0.05) is 29.3 Å². The molecule has 2 aromatic heterocycles. The van der Waals surface area contributed by atoms with Crippen molar-refractivity contribution >= 4 is 23.1 Å². The van der Waals surface area contributed by atoms with Crippen molar-refractivity contribution in [2.75, 3.05) is 12.4 Å². The van der Waals surface area contributed by atoms with Crippen molar-refractivity contribution in [3.05, 3.63) is 40.0 Å². The van der Waals surface area contributed by atoms with Crippen LogP contribution in [0.5, 0.6) is 0 Å². The summed E-state index contributed by atoms with van der Waals surface area (Å²) in [5.74, 6) is 0.384. The molecule has 1 unspecified atom stereocenters. The van der Waals surface area contributed by atoms with Crippen LogP contribution < -0.4 is 10.6 Å². The second-order valence-corrected chi connectivity index (χ2v) is 6.00. The Bertz CT molecular complexity index is 596. The molecule has 1 amide bonds. The fraction of sp³-hybridized carbons (Fsp3) is 0.357. The number of thiophene rings is 1. The Labute approximate surface area is 122 Å². The number of aromatic nitrogens is 2. The zero-order valence-corrected chi connectivity index (χ0v) is 12.6. The Balaban J connectivity index is 1.96. The average Bonchev–Trinajstić information content (AvgIpc) is 2.83. The van der Waals surface area contributed by atoms with Crippen molar-refractivity contribution < 1.29 is 4.79 Å². The van der Waals surface area contributed by atoms with E-state index in [1.165, 1.54) is 16.0 Å². The topological polar surface area (TPSA) is 66.9 Å². The minimum Gasteiger partial charge on any atom is -0.372 e. The number of anilines is 1. The van der Waals surface area contributed by atoms with Gasteiger partial charge in [0.25, 0.3) is 5.91 Å². The average molecular weight is 290 g/mol. The minimum atomic E-state index is -0.199. The number of carbonyl (C=O) groups excluding carboxylic acids is 1. The molecule has 0 aliphatic rings. The normalized spacial score (nSPS) is 11.9. The fourth-order valence-electron chi connectivity index (χ4n) is 1.84. The van der Waals surface area contributed by atoms with Gasteiger partial charge in [0.2, 0.25) is 0 Å². The van der Waals surface area contributed by atoms with E-state index < -0.39 is 0 Å². The highest BCUT2D eigenvalue weighted by atomic mass is 32.1. The zero-order chi connectivity index (χ0) is 14.5. The van der Waals surface area contributed by atoms with E-state index in [-0.39, 0.29) is 11.9 Å². The number of aryl methyl sites for hydroxylation is 1. The largest absolute Gasteiger partial charge is 0.372 e. The highest BCUT2D eigenvalue weighted by molar-refractivity contribution is 7.11. The maximum Gasteiger partial charge on any atom is 0.271 e. The predicted octanol–water partition coefficient (Wildman–Crippen LogP) is 2.25. The van der Waals surface area contributed by atoms with Crippen LogP contribution in [0.1, 0.15) is 27.2 Å². The molecule has 2 N–H and O–H groups in total. The maximum atomic E-state index is 12.1. The molecule has 0 bridgehead atoms. The van der Waals surface area contributed by atoms with Crippen LogP contribution in [0.4, 0.5) is 5.82 Å². The second-order valence-electron chi connectivity index (χ2n) is 4.63. The molecule has 20 heavy (non-hydrogen) atoms. The third kappa shape index (κ3) is 3.77. The van der Waals surface area contributed by atoms with Gasteiger partial charge < -0.3 is 10.6 Å². The Morgan fingerprint density at radius 3 is 2.85 bits per heavy atom. The van der Waals surface area contributed by atoms with Crippen LogP contribution in [0.3, 0.4) is 0 Å². The number of hydrogen-bond donors (Lipinski definition) is 2. The zero-order valence-electron chi connectivity index (χ0n) is 11.8. The molecule has 0 aliphatic carbocycles. The van der Waals surface area contributed by atoms with E-state index in [0.717, 1.165) is 6.42 Å². The SMILES string of the molecule is CNc1cncc(C(=O)NC(C)Cc2ccc(C)s2)n1. The molecule has 106 valence electrons. The summed E-state index contributed by atoms with van der Waals surface area (Å²) in [6, 6.07) is 4.25. The van der Waals surface area contributed by atoms with Gasteiger partial charge in [-0.05, 0) is 26.0 Å². The lowest BCUT2D eigenvalue weighted by atomic mass is 10.2. The van der Waals surface area contributed by atoms with Crippen molar-refractivity contribution in [3.63, 3.8) is 0 Å². The fourth-order valence-corrected chi connectivity index (χ4v) is 2.86. The lowest BCUT2D eigenvalue weighted by molar-refractivity contribution is 0.0935. The van der Waals surface area contributed by atoms with Gasteiger partial charge in [-0.2, -0.15) is 0 Å². The lowest BCUT2D eigenvalue weighted by Crippen LogP contribution is -2.34. The van der Waals surface area contributed by atoms with E-state index >= 15 is 0 Å². The van der Waals surface area contributed by atoms with E-state index in [1.54, 1.807) is 24.6 Å². The van der Waals surface area contributed by atoms with Crippen LogP contribution in [-0.4, -0.2) is 29.0 Å². The molecule has 0 spiro atoms. The monoisotopic (exact) mass is 290 g/mol. The molecule has 0 saturated carbocycles. The van der Waals surface area contributed by atoms with Crippen molar-refractivity contribution in [2.45, 2.75) is 26.3 Å². The first-order valence-corrected chi connectivity index (χ1v) is 7.26. The second kappa shape index (κ2) is 6.47. The van der Waals surface area contributed by atoms with E-state index in [1.807, 2.05) is 6.92 Å².